The van der Waals surface area contributed by atoms with Gasteiger partial charge in [-0.2, -0.15) is 0 Å². The van der Waals surface area contributed by atoms with Gasteiger partial charge in [-0.3, -0.25) is 34.2 Å². The van der Waals surface area contributed by atoms with E-state index >= 15 is 4.79 Å². The first kappa shape index (κ1) is 51.7. The first-order valence-corrected chi connectivity index (χ1v) is 28.1. The number of pyridine rings is 1. The predicted molar refractivity (Wildman–Crippen MR) is 280 cm³/mol. The molecule has 400 valence electrons. The zero-order valence-electron chi connectivity index (χ0n) is 44.4. The fourth-order valence-corrected chi connectivity index (χ4v) is 13.2. The quantitative estimate of drug-likeness (QED) is 0.138. The van der Waals surface area contributed by atoms with E-state index in [-0.39, 0.29) is 36.5 Å². The molecule has 2 amide bonds. The van der Waals surface area contributed by atoms with Gasteiger partial charge in [0.1, 0.15) is 23.2 Å². The second kappa shape index (κ2) is 21.2. The molecular weight excluding hydrogens is 961 g/mol. The minimum absolute atomic E-state index is 0.00150. The van der Waals surface area contributed by atoms with Crippen LogP contribution in [0.3, 0.4) is 0 Å². The van der Waals surface area contributed by atoms with Crippen LogP contribution in [-0.2, 0) is 55.8 Å². The third-order valence-electron chi connectivity index (χ3n) is 16.9. The molecule has 2 N–H and O–H groups in total. The molecule has 18 heteroatoms. The summed E-state index contributed by atoms with van der Waals surface area (Å²) < 4.78 is 38.9. The highest BCUT2D eigenvalue weighted by molar-refractivity contribution is 7.10. The van der Waals surface area contributed by atoms with Gasteiger partial charge < -0.3 is 38.3 Å². The smallest absolute Gasteiger partial charge is 0.324 e. The number of fused-ring (bicyclic) bond motifs is 6. The summed E-state index contributed by atoms with van der Waals surface area (Å²) in [6.07, 6.45) is 8.26. The number of ether oxygens (including phenoxy) is 6. The van der Waals surface area contributed by atoms with Gasteiger partial charge in [0.2, 0.25) is 5.91 Å². The van der Waals surface area contributed by atoms with Crippen molar-refractivity contribution in [1.29, 1.82) is 0 Å². The molecule has 1 saturated carbocycles. The number of hydrogen-bond acceptors (Lipinski definition) is 15. The number of carbonyl (C=O) groups excluding carboxylic acids is 3. The minimum Gasteiger partial charge on any atom is -0.464 e. The number of rotatable bonds is 13. The topological polar surface area (TPSA) is 171 Å². The van der Waals surface area contributed by atoms with Crippen molar-refractivity contribution in [3.8, 4) is 22.5 Å². The van der Waals surface area contributed by atoms with Crippen molar-refractivity contribution in [3.63, 3.8) is 0 Å². The van der Waals surface area contributed by atoms with E-state index in [1.165, 1.54) is 34.8 Å². The third kappa shape index (κ3) is 10.4. The number of aromatic nitrogens is 3. The first-order valence-electron chi connectivity index (χ1n) is 27.2. The van der Waals surface area contributed by atoms with Crippen molar-refractivity contribution < 1.29 is 42.8 Å². The Morgan fingerprint density at radius 2 is 1.84 bits per heavy atom. The zero-order chi connectivity index (χ0) is 51.5. The van der Waals surface area contributed by atoms with Crippen molar-refractivity contribution in [2.45, 2.75) is 147 Å². The average molecular weight is 1040 g/mol. The summed E-state index contributed by atoms with van der Waals surface area (Å²) in [5.74, 6) is -0.756. The van der Waals surface area contributed by atoms with Gasteiger partial charge in [-0.25, -0.2) is 10.4 Å². The highest BCUT2D eigenvalue weighted by Gasteiger charge is 2.50. The molecule has 0 unspecified atom stereocenters. The highest BCUT2D eigenvalue weighted by atomic mass is 32.1. The Balaban J connectivity index is 1.07. The molecule has 1 aliphatic carbocycles. The number of carbonyl (C=O) groups is 3. The van der Waals surface area contributed by atoms with E-state index in [9.17, 15) is 9.59 Å². The van der Waals surface area contributed by atoms with Crippen molar-refractivity contribution >= 4 is 40.0 Å². The van der Waals surface area contributed by atoms with Crippen LogP contribution in [0.15, 0.2) is 35.8 Å². The molecule has 11 rings (SSSR count). The second-order valence-electron chi connectivity index (χ2n) is 23.2. The Bertz CT molecular complexity index is 2710. The Morgan fingerprint density at radius 1 is 1.03 bits per heavy atom. The molecule has 17 nitrogen and oxygen atoms in total. The molecule has 74 heavy (non-hydrogen) atoms. The van der Waals surface area contributed by atoms with Gasteiger partial charge in [0.25, 0.3) is 5.91 Å². The van der Waals surface area contributed by atoms with Crippen LogP contribution in [0.1, 0.15) is 119 Å². The monoisotopic (exact) mass is 1040 g/mol. The molecule has 6 bridgehead atoms. The average Bonchev–Trinajstić information content (AvgIpc) is 3.79. The fraction of sp³-hybridized carbons (Fsp3) is 0.661. The Hall–Kier alpha value is -4.37. The van der Waals surface area contributed by atoms with Gasteiger partial charge in [-0.15, -0.1) is 11.3 Å². The SMILES string of the molecule is CO[C@@H](C)c1ncc([C@H]2CCN(C3CC3)C2)cc1-c1c2c3cc(ccc3n1CCOC1CCOCC1)-c1csc(n1)[C@@H](N1CC(C)(OC)C1)[C@H](NC(=O)[C@@H]1OC[C@@H]1C)C(=O)N1CCC[C@H](N1)C(=O)OCC(C)(C)C2. The summed E-state index contributed by atoms with van der Waals surface area (Å²) in [7, 11) is 3.45. The van der Waals surface area contributed by atoms with Crippen LogP contribution in [0, 0.1) is 11.3 Å². The molecule has 6 fully saturated rings. The van der Waals surface area contributed by atoms with Crippen LogP contribution in [0.25, 0.3) is 33.4 Å². The Morgan fingerprint density at radius 3 is 2.57 bits per heavy atom. The second-order valence-corrected chi connectivity index (χ2v) is 24.1. The number of esters is 1. The van der Waals surface area contributed by atoms with Gasteiger partial charge in [0.05, 0.1) is 60.8 Å². The van der Waals surface area contributed by atoms with E-state index in [2.05, 4.69) is 81.7 Å². The van der Waals surface area contributed by atoms with E-state index in [0.717, 1.165) is 77.0 Å². The summed E-state index contributed by atoms with van der Waals surface area (Å²) >= 11 is 1.48. The highest BCUT2D eigenvalue weighted by Crippen LogP contribution is 2.45. The van der Waals surface area contributed by atoms with Gasteiger partial charge in [0, 0.05) is 111 Å². The summed E-state index contributed by atoms with van der Waals surface area (Å²) in [6.45, 7) is 17.0. The number of cyclic esters (lactones) is 1. The predicted octanol–water partition coefficient (Wildman–Crippen LogP) is 6.58. The van der Waals surface area contributed by atoms with E-state index < -0.39 is 41.2 Å². The lowest BCUT2D eigenvalue weighted by Gasteiger charge is -2.51. The summed E-state index contributed by atoms with van der Waals surface area (Å²) in [5, 5.41) is 8.48. The molecule has 9 heterocycles. The van der Waals surface area contributed by atoms with Crippen molar-refractivity contribution in [3.05, 3.63) is 57.7 Å². The lowest BCUT2D eigenvalue weighted by Crippen LogP contribution is -2.68. The number of hydrogen-bond donors (Lipinski definition) is 2. The molecule has 0 spiro atoms. The number of hydrazine groups is 1. The van der Waals surface area contributed by atoms with Crippen molar-refractivity contribution in [2.24, 2.45) is 11.3 Å². The fourth-order valence-electron chi connectivity index (χ4n) is 12.2. The lowest BCUT2D eigenvalue weighted by atomic mass is 9.83. The number of nitrogens with zero attached hydrogens (tertiary/aromatic N) is 6. The van der Waals surface area contributed by atoms with Crippen molar-refractivity contribution in [2.75, 3.05) is 80.0 Å². The maximum atomic E-state index is 15.1. The summed E-state index contributed by atoms with van der Waals surface area (Å²) in [5.41, 5.74) is 10.3. The summed E-state index contributed by atoms with van der Waals surface area (Å²) in [6, 6.07) is 7.22. The molecule has 1 aromatic carbocycles. The molecule has 6 aliphatic heterocycles. The van der Waals surface area contributed by atoms with Gasteiger partial charge in [-0.05, 0) is 107 Å². The van der Waals surface area contributed by atoms with E-state index in [1.807, 2.05) is 13.8 Å². The number of nitrogens with one attached hydrogen (secondary N) is 2. The molecule has 0 radical (unpaired) electrons. The molecular formula is C56H76N8O9S. The van der Waals surface area contributed by atoms with Crippen LogP contribution < -0.4 is 10.7 Å². The maximum absolute atomic E-state index is 15.1. The number of methoxy groups -OCH3 is 2. The zero-order valence-corrected chi connectivity index (χ0v) is 45.2. The normalized spacial score (nSPS) is 28.3. The van der Waals surface area contributed by atoms with Gasteiger partial charge in [0.15, 0.2) is 0 Å². The standard InChI is InChI=1S/C56H76N8O9S/c1-33-28-72-50(33)51(65)59-47-49(62-30-56(5,31-62)69-7)52-58-44(29-74-52)35-10-13-45-40(23-35)42(25-55(3,4)32-73-54(67)43-9-8-17-64(60-43)53(47)66)48(63(45)19-22-71-39-15-20-70-21-16-39)41-24-37(26-57-46(41)34(2)68-6)36-14-18-61(27-36)38-11-12-38/h10,13,23-24,26,29,33-34,36,38-39,43,47,49-50,60H,8-9,11-12,14-22,25,27-28,30-32H2,1-7H3,(H,59,65)/t33-,34-,36-,43-,47-,49-,50+/m0/s1. The number of thiazole rings is 1. The van der Waals surface area contributed by atoms with Crippen LogP contribution in [0.2, 0.25) is 0 Å². The molecule has 7 aliphatic rings. The van der Waals surface area contributed by atoms with Crippen LogP contribution in [0.5, 0.6) is 0 Å². The minimum atomic E-state index is -1.07. The lowest BCUT2D eigenvalue weighted by molar-refractivity contribution is -0.166. The van der Waals surface area contributed by atoms with E-state index in [4.69, 9.17) is 38.4 Å². The largest absolute Gasteiger partial charge is 0.464 e. The molecule has 3 aromatic heterocycles. The van der Waals surface area contributed by atoms with E-state index in [1.54, 1.807) is 14.2 Å². The Labute approximate surface area is 439 Å². The van der Waals surface area contributed by atoms with Crippen LogP contribution in [0.4, 0.5) is 0 Å². The van der Waals surface area contributed by atoms with E-state index in [0.29, 0.717) is 88.8 Å². The molecule has 5 saturated heterocycles. The number of benzene rings is 1. The van der Waals surface area contributed by atoms with Crippen LogP contribution >= 0.6 is 11.3 Å². The third-order valence-corrected chi connectivity index (χ3v) is 17.8. The number of likely N-dealkylation sites (tertiary alicyclic amines) is 2. The van der Waals surface area contributed by atoms with Crippen LogP contribution in [-0.4, -0.2) is 163 Å². The van der Waals surface area contributed by atoms with Gasteiger partial charge in [-0.1, -0.05) is 26.8 Å². The van der Waals surface area contributed by atoms with Gasteiger partial charge >= 0.3 is 5.97 Å². The number of amides is 2. The first-order chi connectivity index (χ1) is 35.7. The maximum Gasteiger partial charge on any atom is 0.324 e. The molecule has 7 atom stereocenters. The summed E-state index contributed by atoms with van der Waals surface area (Å²) in [4.78, 5) is 59.1. The van der Waals surface area contributed by atoms with Crippen molar-refractivity contribution in [1.82, 2.24) is 40.1 Å². The molecule has 4 aromatic rings. The Kier molecular flexibility index (Phi) is 14.8.